The van der Waals surface area contributed by atoms with Gasteiger partial charge in [-0.1, -0.05) is 214 Å². The summed E-state index contributed by atoms with van der Waals surface area (Å²) in [4.78, 5) is 2.62. The van der Waals surface area contributed by atoms with Crippen LogP contribution in [0.2, 0.25) is 0 Å². The van der Waals surface area contributed by atoms with E-state index in [9.17, 15) is 0 Å². The summed E-state index contributed by atoms with van der Waals surface area (Å²) in [7, 11) is 0. The molecule has 0 spiro atoms. The minimum Gasteiger partial charge on any atom is -0.310 e. The highest BCUT2D eigenvalue weighted by atomic mass is 32.1. The van der Waals surface area contributed by atoms with Crippen LogP contribution in [0.15, 0.2) is 182 Å². The van der Waals surface area contributed by atoms with E-state index in [1.165, 1.54) is 109 Å². The first-order valence-corrected chi connectivity index (χ1v) is 24.6. The second kappa shape index (κ2) is 15.6. The zero-order chi connectivity index (χ0) is 45.7. The maximum Gasteiger partial charge on any atom is 0.0543 e. The summed E-state index contributed by atoms with van der Waals surface area (Å²) >= 11 is 1.90. The number of hydrogen-bond acceptors (Lipinski definition) is 2. The molecule has 0 aliphatic heterocycles. The molecule has 1 heterocycles. The van der Waals surface area contributed by atoms with Crippen LogP contribution >= 0.6 is 11.3 Å². The van der Waals surface area contributed by atoms with Crippen LogP contribution in [-0.2, 0) is 16.2 Å². The van der Waals surface area contributed by atoms with Crippen LogP contribution < -0.4 is 4.90 Å². The predicted octanol–water partition coefficient (Wildman–Crippen LogP) is 18.6. The molecule has 9 aromatic rings. The topological polar surface area (TPSA) is 3.24 Å². The summed E-state index contributed by atoms with van der Waals surface area (Å²) < 4.78 is 2.66. The second-order valence-electron chi connectivity index (χ2n) is 21.4. The molecule has 2 aliphatic carbocycles. The Morgan fingerprint density at radius 1 is 0.561 bits per heavy atom. The molecule has 1 nitrogen and oxygen atoms in total. The number of thiophene rings is 1. The molecule has 0 amide bonds. The van der Waals surface area contributed by atoms with Gasteiger partial charge in [0.2, 0.25) is 0 Å². The molecular weight excluding hydrogens is 815 g/mol. The maximum atomic E-state index is 2.62. The van der Waals surface area contributed by atoms with Crippen molar-refractivity contribution in [3.05, 3.63) is 209 Å². The number of rotatable bonds is 6. The first-order chi connectivity index (χ1) is 31.7. The molecule has 0 radical (unpaired) electrons. The van der Waals surface area contributed by atoms with E-state index in [0.29, 0.717) is 5.92 Å². The van der Waals surface area contributed by atoms with Gasteiger partial charge in [0.25, 0.3) is 0 Å². The van der Waals surface area contributed by atoms with Gasteiger partial charge in [-0.25, -0.2) is 0 Å². The highest BCUT2D eigenvalue weighted by Crippen LogP contribution is 2.55. The molecule has 8 aromatic carbocycles. The molecule has 326 valence electrons. The van der Waals surface area contributed by atoms with Gasteiger partial charge in [-0.2, -0.15) is 0 Å². The summed E-state index contributed by atoms with van der Waals surface area (Å²) in [5.74, 6) is 0.342. The van der Waals surface area contributed by atoms with Gasteiger partial charge in [-0.3, -0.25) is 0 Å². The van der Waals surface area contributed by atoms with Gasteiger partial charge in [0.15, 0.2) is 0 Å². The van der Waals surface area contributed by atoms with Crippen LogP contribution in [0.3, 0.4) is 0 Å². The molecule has 0 bridgehead atoms. The van der Waals surface area contributed by atoms with Crippen molar-refractivity contribution in [2.24, 2.45) is 5.92 Å². The third kappa shape index (κ3) is 6.96. The van der Waals surface area contributed by atoms with E-state index in [1.807, 2.05) is 11.3 Å². The second-order valence-corrected chi connectivity index (χ2v) is 22.5. The van der Waals surface area contributed by atoms with Gasteiger partial charge < -0.3 is 4.90 Å². The maximum absolute atomic E-state index is 2.62. The van der Waals surface area contributed by atoms with Crippen molar-refractivity contribution in [1.29, 1.82) is 0 Å². The number of hydrogen-bond donors (Lipinski definition) is 0. The molecule has 66 heavy (non-hydrogen) atoms. The highest BCUT2D eigenvalue weighted by molar-refractivity contribution is 7.26. The van der Waals surface area contributed by atoms with Crippen molar-refractivity contribution in [1.82, 2.24) is 0 Å². The predicted molar refractivity (Wildman–Crippen MR) is 288 cm³/mol. The first-order valence-electron chi connectivity index (χ1n) is 23.8. The van der Waals surface area contributed by atoms with E-state index in [0.717, 1.165) is 12.1 Å². The molecule has 1 atom stereocenters. The summed E-state index contributed by atoms with van der Waals surface area (Å²) in [6, 6.07) is 62.3. The monoisotopic (exact) mass is 873 g/mol. The minimum absolute atomic E-state index is 0.00201. The van der Waals surface area contributed by atoms with Gasteiger partial charge in [0.1, 0.15) is 0 Å². The molecule has 2 heteroatoms. The zero-order valence-electron chi connectivity index (χ0n) is 39.9. The van der Waals surface area contributed by atoms with Crippen LogP contribution in [0.1, 0.15) is 96.6 Å². The van der Waals surface area contributed by atoms with Gasteiger partial charge in [-0.05, 0) is 114 Å². The third-order valence-electron chi connectivity index (χ3n) is 14.5. The standard InChI is InChI=1S/C64H59NS/c1-40-33-34-49(51-27-16-20-41-19-15-25-47(59(41)51)43-36-44(62(2,3)4)39-45(37-43)63(5,6)7)57(35-40)65(56-31-18-30-55-60(56)53-24-10-12-29-54(53)64(55,8)9)46-22-14-21-42(38-46)48-26-17-28-52-50-23-11-13-32-58(50)66-61(48)52/h10-32,34-40H,33H2,1-9H3. The fourth-order valence-corrected chi connectivity index (χ4v) is 12.1. The summed E-state index contributed by atoms with van der Waals surface area (Å²) in [5.41, 5.74) is 19.2. The number of fused-ring (bicyclic) bond motifs is 7. The third-order valence-corrected chi connectivity index (χ3v) is 15.7. The lowest BCUT2D eigenvalue weighted by Gasteiger charge is -2.35. The van der Waals surface area contributed by atoms with E-state index in [-0.39, 0.29) is 16.2 Å². The molecule has 2 aliphatic rings. The van der Waals surface area contributed by atoms with Crippen LogP contribution in [0.4, 0.5) is 11.4 Å². The lowest BCUT2D eigenvalue weighted by molar-refractivity contribution is 0.569. The van der Waals surface area contributed by atoms with Crippen molar-refractivity contribution in [2.45, 2.75) is 85.0 Å². The van der Waals surface area contributed by atoms with E-state index in [4.69, 9.17) is 0 Å². The van der Waals surface area contributed by atoms with Crippen molar-refractivity contribution in [2.75, 3.05) is 4.90 Å². The SMILES string of the molecule is CC1C=C(N(c2cccc(-c3cccc4c3sc3ccccc34)c2)c2cccc3c2-c2ccccc2C3(C)C)C(c2cccc3cccc(-c4cc(C(C)(C)C)cc(C(C)(C)C)c4)c23)=CC1. The van der Waals surface area contributed by atoms with Gasteiger partial charge >= 0.3 is 0 Å². The molecule has 1 unspecified atom stereocenters. The number of nitrogens with zero attached hydrogens (tertiary/aromatic N) is 1. The average Bonchev–Trinajstić information content (AvgIpc) is 3.80. The van der Waals surface area contributed by atoms with Crippen molar-refractivity contribution in [3.63, 3.8) is 0 Å². The zero-order valence-corrected chi connectivity index (χ0v) is 40.7. The fraction of sp³-hybridized carbons (Fsp3) is 0.219. The molecular formula is C64H59NS. The quantitative estimate of drug-likeness (QED) is 0.161. The Morgan fingerprint density at radius 3 is 1.95 bits per heavy atom. The average molecular weight is 874 g/mol. The van der Waals surface area contributed by atoms with Crippen LogP contribution in [-0.4, -0.2) is 0 Å². The molecule has 0 saturated carbocycles. The van der Waals surface area contributed by atoms with Crippen molar-refractivity contribution in [3.8, 4) is 33.4 Å². The van der Waals surface area contributed by atoms with Gasteiger partial charge in [-0.15, -0.1) is 11.3 Å². The smallest absolute Gasteiger partial charge is 0.0543 e. The van der Waals surface area contributed by atoms with E-state index in [1.54, 1.807) is 0 Å². The Kier molecular flexibility index (Phi) is 9.95. The van der Waals surface area contributed by atoms with Gasteiger partial charge in [0, 0.05) is 48.1 Å². The summed E-state index contributed by atoms with van der Waals surface area (Å²) in [6.07, 6.45) is 6.06. The molecule has 0 fully saturated rings. The Bertz CT molecular complexity index is 3430. The minimum atomic E-state index is -0.142. The normalized spacial score (nSPS) is 15.7. The van der Waals surface area contributed by atoms with Crippen molar-refractivity contribution < 1.29 is 0 Å². The Hall–Kier alpha value is -6.48. The Labute approximate surface area is 395 Å². The summed E-state index contributed by atoms with van der Waals surface area (Å²) in [6.45, 7) is 21.2. The lowest BCUT2D eigenvalue weighted by Crippen LogP contribution is -2.22. The Balaban J connectivity index is 1.16. The molecule has 0 saturated heterocycles. The first kappa shape index (κ1) is 42.2. The van der Waals surface area contributed by atoms with E-state index < -0.39 is 0 Å². The van der Waals surface area contributed by atoms with Crippen molar-refractivity contribution >= 4 is 59.2 Å². The fourth-order valence-electron chi connectivity index (χ4n) is 10.9. The number of allylic oxidation sites excluding steroid dienone is 3. The number of anilines is 2. The van der Waals surface area contributed by atoms with E-state index in [2.05, 4.69) is 243 Å². The summed E-state index contributed by atoms with van der Waals surface area (Å²) in [5, 5.41) is 5.19. The Morgan fingerprint density at radius 2 is 1.18 bits per heavy atom. The lowest BCUT2D eigenvalue weighted by atomic mass is 9.78. The molecule has 0 N–H and O–H groups in total. The van der Waals surface area contributed by atoms with Crippen LogP contribution in [0.5, 0.6) is 0 Å². The molecule has 11 rings (SSSR count). The van der Waals surface area contributed by atoms with E-state index >= 15 is 0 Å². The largest absolute Gasteiger partial charge is 0.310 e. The van der Waals surface area contributed by atoms with Gasteiger partial charge in [0.05, 0.1) is 5.69 Å². The molecule has 1 aromatic heterocycles. The van der Waals surface area contributed by atoms with Crippen LogP contribution in [0.25, 0.3) is 69.9 Å². The highest BCUT2D eigenvalue weighted by Gasteiger charge is 2.38. The number of benzene rings is 8. The van der Waals surface area contributed by atoms with Crippen LogP contribution in [0, 0.1) is 5.92 Å².